The molecular formula is C23H29N5O3. The highest BCUT2D eigenvalue weighted by atomic mass is 16.2. The van der Waals surface area contributed by atoms with Crippen LogP contribution in [0, 0.1) is 5.92 Å². The fourth-order valence-corrected chi connectivity index (χ4v) is 3.57. The summed E-state index contributed by atoms with van der Waals surface area (Å²) in [5.41, 5.74) is 1.47. The number of hydrogen-bond donors (Lipinski definition) is 2. The lowest BCUT2D eigenvalue weighted by Crippen LogP contribution is -2.49. The van der Waals surface area contributed by atoms with E-state index in [0.717, 1.165) is 18.4 Å². The lowest BCUT2D eigenvalue weighted by molar-refractivity contribution is -0.136. The summed E-state index contributed by atoms with van der Waals surface area (Å²) in [6, 6.07) is 8.93. The van der Waals surface area contributed by atoms with Crippen LogP contribution in [0.4, 0.5) is 0 Å². The number of nitrogens with zero attached hydrogens (tertiary/aromatic N) is 3. The van der Waals surface area contributed by atoms with Gasteiger partial charge < -0.3 is 15.5 Å². The van der Waals surface area contributed by atoms with Gasteiger partial charge in [0.25, 0.3) is 5.91 Å². The van der Waals surface area contributed by atoms with E-state index < -0.39 is 6.04 Å². The summed E-state index contributed by atoms with van der Waals surface area (Å²) in [7, 11) is 1.77. The number of aromatic nitrogens is 2. The first kappa shape index (κ1) is 22.3. The van der Waals surface area contributed by atoms with Gasteiger partial charge >= 0.3 is 0 Å². The Bertz CT molecular complexity index is 930. The van der Waals surface area contributed by atoms with Crippen LogP contribution in [0.1, 0.15) is 35.7 Å². The highest BCUT2D eigenvalue weighted by molar-refractivity contribution is 5.95. The minimum absolute atomic E-state index is 0.0840. The van der Waals surface area contributed by atoms with Crippen LogP contribution in [0.2, 0.25) is 0 Å². The monoisotopic (exact) mass is 423 g/mol. The van der Waals surface area contributed by atoms with Crippen molar-refractivity contribution in [2.45, 2.75) is 25.8 Å². The van der Waals surface area contributed by atoms with Gasteiger partial charge in [0.1, 0.15) is 6.04 Å². The molecular weight excluding hydrogens is 394 g/mol. The van der Waals surface area contributed by atoms with Crippen molar-refractivity contribution in [1.29, 1.82) is 0 Å². The average molecular weight is 424 g/mol. The topological polar surface area (TPSA) is 96.3 Å². The summed E-state index contributed by atoms with van der Waals surface area (Å²) in [5.74, 6) is -0.188. The molecule has 31 heavy (non-hydrogen) atoms. The Morgan fingerprint density at radius 3 is 2.55 bits per heavy atom. The molecule has 8 heteroatoms. The van der Waals surface area contributed by atoms with Crippen LogP contribution in [0.25, 0.3) is 6.08 Å². The Labute approximate surface area is 182 Å². The van der Waals surface area contributed by atoms with E-state index in [-0.39, 0.29) is 17.7 Å². The van der Waals surface area contributed by atoms with E-state index in [2.05, 4.69) is 15.7 Å². The predicted molar refractivity (Wildman–Crippen MR) is 118 cm³/mol. The number of nitrogens with one attached hydrogen (secondary N) is 2. The quantitative estimate of drug-likeness (QED) is 0.662. The van der Waals surface area contributed by atoms with Gasteiger partial charge in [-0.15, -0.1) is 0 Å². The fraction of sp³-hybridized carbons (Fsp3) is 0.391. The molecule has 1 fully saturated rings. The summed E-state index contributed by atoms with van der Waals surface area (Å²) in [6.45, 7) is 3.52. The first-order chi connectivity index (χ1) is 14.9. The second kappa shape index (κ2) is 10.6. The molecule has 0 bridgehead atoms. The normalized spacial score (nSPS) is 15.6. The second-order valence-corrected chi connectivity index (χ2v) is 7.86. The van der Waals surface area contributed by atoms with Gasteiger partial charge in [-0.1, -0.05) is 30.3 Å². The van der Waals surface area contributed by atoms with Crippen LogP contribution in [-0.2, 0) is 16.6 Å². The maximum atomic E-state index is 12.7. The highest BCUT2D eigenvalue weighted by Gasteiger charge is 2.26. The van der Waals surface area contributed by atoms with Crippen LogP contribution in [0.3, 0.4) is 0 Å². The number of amides is 3. The number of carbonyl (C=O) groups is 3. The Morgan fingerprint density at radius 2 is 1.90 bits per heavy atom. The summed E-state index contributed by atoms with van der Waals surface area (Å²) in [5, 5.41) is 9.68. The predicted octanol–water partition coefficient (Wildman–Crippen LogP) is 1.61. The fourth-order valence-electron chi connectivity index (χ4n) is 3.57. The Balaban J connectivity index is 1.39. The summed E-state index contributed by atoms with van der Waals surface area (Å²) < 4.78 is 1.59. The third-order valence-corrected chi connectivity index (χ3v) is 5.40. The Kier molecular flexibility index (Phi) is 7.59. The maximum Gasteiger partial charge on any atom is 0.254 e. The van der Waals surface area contributed by atoms with E-state index in [1.54, 1.807) is 42.0 Å². The SMILES string of the molecule is CC(NC(=O)/C=C/c1ccccc1)C(=O)N1CCC(CNC(=O)c2cnn(C)c2)CC1. The van der Waals surface area contributed by atoms with Crippen molar-refractivity contribution >= 4 is 23.8 Å². The van der Waals surface area contributed by atoms with Gasteiger partial charge in [-0.05, 0) is 37.3 Å². The van der Waals surface area contributed by atoms with E-state index in [9.17, 15) is 14.4 Å². The third-order valence-electron chi connectivity index (χ3n) is 5.40. The number of likely N-dealkylation sites (tertiary alicyclic amines) is 1. The molecule has 1 aromatic heterocycles. The van der Waals surface area contributed by atoms with Crippen molar-refractivity contribution in [2.75, 3.05) is 19.6 Å². The number of hydrogen-bond acceptors (Lipinski definition) is 4. The third kappa shape index (κ3) is 6.53. The zero-order valence-electron chi connectivity index (χ0n) is 18.0. The van der Waals surface area contributed by atoms with Gasteiger partial charge in [0.2, 0.25) is 11.8 Å². The van der Waals surface area contributed by atoms with Crippen LogP contribution in [-0.4, -0.2) is 58.1 Å². The molecule has 1 unspecified atom stereocenters. The maximum absolute atomic E-state index is 12.7. The molecule has 3 amide bonds. The number of rotatable bonds is 7. The molecule has 1 atom stereocenters. The number of carbonyl (C=O) groups excluding carboxylic acids is 3. The number of piperidine rings is 1. The average Bonchev–Trinajstić information content (AvgIpc) is 3.23. The molecule has 0 radical (unpaired) electrons. The van der Waals surface area contributed by atoms with Crippen molar-refractivity contribution in [3.05, 3.63) is 59.9 Å². The van der Waals surface area contributed by atoms with Crippen LogP contribution < -0.4 is 10.6 Å². The van der Waals surface area contributed by atoms with Crippen molar-refractivity contribution in [2.24, 2.45) is 13.0 Å². The molecule has 1 aliphatic rings. The van der Waals surface area contributed by atoms with Gasteiger partial charge in [0.05, 0.1) is 11.8 Å². The molecule has 1 aliphatic heterocycles. The zero-order chi connectivity index (χ0) is 22.2. The van der Waals surface area contributed by atoms with E-state index in [1.165, 1.54) is 6.08 Å². The van der Waals surface area contributed by atoms with E-state index in [0.29, 0.717) is 31.1 Å². The molecule has 3 rings (SSSR count). The van der Waals surface area contributed by atoms with E-state index in [4.69, 9.17) is 0 Å². The molecule has 1 saturated heterocycles. The number of benzene rings is 1. The van der Waals surface area contributed by atoms with Crippen molar-refractivity contribution < 1.29 is 14.4 Å². The summed E-state index contributed by atoms with van der Waals surface area (Å²) in [6.07, 6.45) is 8.01. The van der Waals surface area contributed by atoms with E-state index in [1.807, 2.05) is 30.3 Å². The molecule has 8 nitrogen and oxygen atoms in total. The molecule has 0 spiro atoms. The Hall–Kier alpha value is -3.42. The summed E-state index contributed by atoms with van der Waals surface area (Å²) in [4.78, 5) is 38.7. The lowest BCUT2D eigenvalue weighted by Gasteiger charge is -2.33. The Morgan fingerprint density at radius 1 is 1.19 bits per heavy atom. The van der Waals surface area contributed by atoms with Gasteiger partial charge in [0.15, 0.2) is 0 Å². The molecule has 2 aromatic rings. The van der Waals surface area contributed by atoms with Gasteiger partial charge in [-0.25, -0.2) is 0 Å². The van der Waals surface area contributed by atoms with Crippen molar-refractivity contribution in [1.82, 2.24) is 25.3 Å². The van der Waals surface area contributed by atoms with E-state index >= 15 is 0 Å². The first-order valence-corrected chi connectivity index (χ1v) is 10.5. The molecule has 2 heterocycles. The smallest absolute Gasteiger partial charge is 0.254 e. The second-order valence-electron chi connectivity index (χ2n) is 7.86. The molecule has 0 saturated carbocycles. The first-order valence-electron chi connectivity index (χ1n) is 10.5. The largest absolute Gasteiger partial charge is 0.352 e. The van der Waals surface area contributed by atoms with Crippen LogP contribution in [0.5, 0.6) is 0 Å². The molecule has 1 aromatic carbocycles. The highest BCUT2D eigenvalue weighted by Crippen LogP contribution is 2.17. The lowest BCUT2D eigenvalue weighted by atomic mass is 9.96. The minimum atomic E-state index is -0.588. The number of aryl methyl sites for hydroxylation is 1. The standard InChI is InChI=1S/C23H29N5O3/c1-17(26-21(29)9-8-18-6-4-3-5-7-18)23(31)28-12-10-19(11-13-28)14-24-22(30)20-15-25-27(2)16-20/h3-9,15-17,19H,10-14H2,1-2H3,(H,24,30)(H,26,29)/b9-8+. The molecule has 0 aliphatic carbocycles. The van der Waals surface area contributed by atoms with Crippen molar-refractivity contribution in [3.8, 4) is 0 Å². The van der Waals surface area contributed by atoms with Crippen LogP contribution >= 0.6 is 0 Å². The molecule has 164 valence electrons. The van der Waals surface area contributed by atoms with Gasteiger partial charge in [-0.3, -0.25) is 19.1 Å². The molecule has 2 N–H and O–H groups in total. The zero-order valence-corrected chi connectivity index (χ0v) is 18.0. The van der Waals surface area contributed by atoms with Crippen molar-refractivity contribution in [3.63, 3.8) is 0 Å². The minimum Gasteiger partial charge on any atom is -0.352 e. The van der Waals surface area contributed by atoms with Crippen LogP contribution in [0.15, 0.2) is 48.8 Å². The van der Waals surface area contributed by atoms with Gasteiger partial charge in [0, 0.05) is 39.0 Å². The van der Waals surface area contributed by atoms with Gasteiger partial charge in [-0.2, -0.15) is 5.10 Å². The summed E-state index contributed by atoms with van der Waals surface area (Å²) >= 11 is 0.